The molecule has 1 fully saturated rings. The molecule has 2 aromatic rings. The molecule has 1 aliphatic rings. The fraction of sp³-hybridized carbons (Fsp3) is 0.353. The Bertz CT molecular complexity index is 643. The van der Waals surface area contributed by atoms with Gasteiger partial charge >= 0.3 is 0 Å². The number of piperazine rings is 1. The quantitative estimate of drug-likeness (QED) is 0.814. The Morgan fingerprint density at radius 2 is 1.86 bits per heavy atom. The van der Waals surface area contributed by atoms with Crippen molar-refractivity contribution in [2.75, 3.05) is 38.2 Å². The fourth-order valence-corrected chi connectivity index (χ4v) is 2.60. The summed E-state index contributed by atoms with van der Waals surface area (Å²) in [5, 5.41) is 6.57. The van der Waals surface area contributed by atoms with Gasteiger partial charge in [0.05, 0.1) is 32.1 Å². The van der Waals surface area contributed by atoms with E-state index in [2.05, 4.69) is 21.1 Å². The number of hydrazone groups is 1. The van der Waals surface area contributed by atoms with Crippen LogP contribution in [0.5, 0.6) is 5.75 Å². The number of furan rings is 1. The first-order valence-corrected chi connectivity index (χ1v) is 7.49. The molecule has 116 valence electrons. The molecule has 5 heteroatoms. The third kappa shape index (κ3) is 3.24. The predicted octanol–water partition coefficient (Wildman–Crippen LogP) is 2.75. The highest BCUT2D eigenvalue weighted by Crippen LogP contribution is 2.28. The minimum atomic E-state index is 0.796. The molecular formula is C17H21N3O2. The van der Waals surface area contributed by atoms with Crippen molar-refractivity contribution in [3.05, 3.63) is 47.9 Å². The van der Waals surface area contributed by atoms with Gasteiger partial charge in [0.25, 0.3) is 0 Å². The molecule has 22 heavy (non-hydrogen) atoms. The summed E-state index contributed by atoms with van der Waals surface area (Å²) < 4.78 is 10.9. The lowest BCUT2D eigenvalue weighted by Gasteiger charge is -2.35. The highest BCUT2D eigenvalue weighted by molar-refractivity contribution is 5.75. The number of para-hydroxylation sites is 2. The molecule has 0 spiro atoms. The molecule has 1 aromatic heterocycles. The van der Waals surface area contributed by atoms with Gasteiger partial charge in [0, 0.05) is 13.1 Å². The van der Waals surface area contributed by atoms with Crippen LogP contribution in [-0.4, -0.2) is 44.5 Å². The van der Waals surface area contributed by atoms with Crippen molar-refractivity contribution >= 4 is 11.9 Å². The molecular weight excluding hydrogens is 278 g/mol. The largest absolute Gasteiger partial charge is 0.495 e. The first-order chi connectivity index (χ1) is 10.8. The maximum absolute atomic E-state index is 5.49. The van der Waals surface area contributed by atoms with Crippen molar-refractivity contribution in [3.63, 3.8) is 0 Å². The molecule has 5 nitrogen and oxygen atoms in total. The molecule has 2 heterocycles. The minimum Gasteiger partial charge on any atom is -0.495 e. The van der Waals surface area contributed by atoms with Crippen LogP contribution < -0.4 is 9.64 Å². The van der Waals surface area contributed by atoms with Crippen molar-refractivity contribution in [3.8, 4) is 5.75 Å². The summed E-state index contributed by atoms with van der Waals surface area (Å²) in [5.74, 6) is 2.62. The van der Waals surface area contributed by atoms with E-state index in [0.29, 0.717) is 0 Å². The SMILES string of the molecule is COc1ccccc1N1CCN(N=Cc2ccc(C)o2)CC1. The topological polar surface area (TPSA) is 41.2 Å². The summed E-state index contributed by atoms with van der Waals surface area (Å²) in [5.41, 5.74) is 1.15. The van der Waals surface area contributed by atoms with Crippen molar-refractivity contribution in [2.24, 2.45) is 5.10 Å². The zero-order valence-electron chi connectivity index (χ0n) is 13.0. The van der Waals surface area contributed by atoms with Crippen LogP contribution in [0.2, 0.25) is 0 Å². The standard InChI is InChI=1S/C17H21N3O2/c1-14-7-8-15(22-14)13-18-20-11-9-19(10-12-20)16-5-3-4-6-17(16)21-2/h3-8,13H,9-12H2,1-2H3. The summed E-state index contributed by atoms with van der Waals surface area (Å²) in [6, 6.07) is 12.0. The number of methoxy groups -OCH3 is 1. The average molecular weight is 299 g/mol. The Hall–Kier alpha value is -2.43. The van der Waals surface area contributed by atoms with Gasteiger partial charge in [0.2, 0.25) is 0 Å². The molecule has 1 aromatic carbocycles. The molecule has 0 radical (unpaired) electrons. The van der Waals surface area contributed by atoms with Gasteiger partial charge in [-0.15, -0.1) is 0 Å². The molecule has 0 amide bonds. The van der Waals surface area contributed by atoms with E-state index in [-0.39, 0.29) is 0 Å². The van der Waals surface area contributed by atoms with Gasteiger partial charge in [0.15, 0.2) is 0 Å². The van der Waals surface area contributed by atoms with Gasteiger partial charge in [-0.25, -0.2) is 0 Å². The maximum Gasteiger partial charge on any atom is 0.147 e. The van der Waals surface area contributed by atoms with Crippen molar-refractivity contribution in [1.82, 2.24) is 5.01 Å². The van der Waals surface area contributed by atoms with E-state index in [9.17, 15) is 0 Å². The van der Waals surface area contributed by atoms with Gasteiger partial charge < -0.3 is 14.1 Å². The Labute approximate surface area is 130 Å². The smallest absolute Gasteiger partial charge is 0.147 e. The molecule has 0 N–H and O–H groups in total. The Kier molecular flexibility index (Phi) is 4.32. The predicted molar refractivity (Wildman–Crippen MR) is 87.8 cm³/mol. The third-order valence-electron chi connectivity index (χ3n) is 3.79. The fourth-order valence-electron chi connectivity index (χ4n) is 2.60. The highest BCUT2D eigenvalue weighted by Gasteiger charge is 2.18. The van der Waals surface area contributed by atoms with Crippen molar-refractivity contribution in [1.29, 1.82) is 0 Å². The average Bonchev–Trinajstić information content (AvgIpc) is 2.99. The van der Waals surface area contributed by atoms with Crippen molar-refractivity contribution < 1.29 is 9.15 Å². The zero-order chi connectivity index (χ0) is 15.4. The first-order valence-electron chi connectivity index (χ1n) is 7.49. The zero-order valence-corrected chi connectivity index (χ0v) is 13.0. The number of anilines is 1. The van der Waals surface area contributed by atoms with Gasteiger partial charge in [-0.05, 0) is 31.2 Å². The Balaban J connectivity index is 1.59. The summed E-state index contributed by atoms with van der Waals surface area (Å²) in [6.07, 6.45) is 1.78. The highest BCUT2D eigenvalue weighted by atomic mass is 16.5. The van der Waals surface area contributed by atoms with E-state index >= 15 is 0 Å². The molecule has 0 bridgehead atoms. The Morgan fingerprint density at radius 3 is 2.55 bits per heavy atom. The van der Waals surface area contributed by atoms with Crippen LogP contribution in [0, 0.1) is 6.92 Å². The van der Waals surface area contributed by atoms with Gasteiger partial charge in [0.1, 0.15) is 17.3 Å². The molecule has 3 rings (SSSR count). The van der Waals surface area contributed by atoms with E-state index in [1.54, 1.807) is 13.3 Å². The van der Waals surface area contributed by atoms with E-state index in [0.717, 1.165) is 49.1 Å². The molecule has 0 unspecified atom stereocenters. The summed E-state index contributed by atoms with van der Waals surface area (Å²) >= 11 is 0. The molecule has 1 aliphatic heterocycles. The number of rotatable bonds is 4. The van der Waals surface area contributed by atoms with Gasteiger partial charge in [-0.2, -0.15) is 5.10 Å². The van der Waals surface area contributed by atoms with Crippen molar-refractivity contribution in [2.45, 2.75) is 6.92 Å². The van der Waals surface area contributed by atoms with Crippen LogP contribution in [0.1, 0.15) is 11.5 Å². The summed E-state index contributed by atoms with van der Waals surface area (Å²) in [4.78, 5) is 2.34. The number of hydrogen-bond donors (Lipinski definition) is 0. The summed E-state index contributed by atoms with van der Waals surface area (Å²) in [7, 11) is 1.71. The molecule has 0 atom stereocenters. The van der Waals surface area contributed by atoms with E-state index in [4.69, 9.17) is 9.15 Å². The van der Waals surface area contributed by atoms with E-state index in [1.165, 1.54) is 0 Å². The minimum absolute atomic E-state index is 0.796. The monoisotopic (exact) mass is 299 g/mol. The van der Waals surface area contributed by atoms with Crippen LogP contribution >= 0.6 is 0 Å². The second kappa shape index (κ2) is 6.56. The number of aryl methyl sites for hydroxylation is 1. The number of ether oxygens (including phenoxy) is 1. The molecule has 0 saturated carbocycles. The second-order valence-electron chi connectivity index (χ2n) is 5.31. The maximum atomic E-state index is 5.49. The lowest BCUT2D eigenvalue weighted by molar-refractivity contribution is 0.270. The van der Waals surface area contributed by atoms with E-state index in [1.807, 2.05) is 37.3 Å². The molecule has 0 aliphatic carbocycles. The number of benzene rings is 1. The van der Waals surface area contributed by atoms with Crippen LogP contribution in [-0.2, 0) is 0 Å². The van der Waals surface area contributed by atoms with Gasteiger partial charge in [-0.1, -0.05) is 12.1 Å². The van der Waals surface area contributed by atoms with Gasteiger partial charge in [-0.3, -0.25) is 5.01 Å². The van der Waals surface area contributed by atoms with Crippen LogP contribution in [0.15, 0.2) is 45.9 Å². The summed E-state index contributed by atoms with van der Waals surface area (Å²) in [6.45, 7) is 5.55. The lowest BCUT2D eigenvalue weighted by atomic mass is 10.2. The van der Waals surface area contributed by atoms with E-state index < -0.39 is 0 Å². The number of nitrogens with zero attached hydrogens (tertiary/aromatic N) is 3. The van der Waals surface area contributed by atoms with Crippen LogP contribution in [0.25, 0.3) is 0 Å². The molecule has 1 saturated heterocycles. The Morgan fingerprint density at radius 1 is 1.09 bits per heavy atom. The normalized spacial score (nSPS) is 15.5. The second-order valence-corrected chi connectivity index (χ2v) is 5.31. The van der Waals surface area contributed by atoms with Crippen LogP contribution in [0.3, 0.4) is 0 Å². The van der Waals surface area contributed by atoms with Crippen LogP contribution in [0.4, 0.5) is 5.69 Å². The first kappa shape index (κ1) is 14.5. The lowest BCUT2D eigenvalue weighted by Crippen LogP contribution is -2.44. The number of hydrogen-bond acceptors (Lipinski definition) is 5. The third-order valence-corrected chi connectivity index (χ3v) is 3.79.